The molecule has 94 valence electrons. The van der Waals surface area contributed by atoms with Gasteiger partial charge in [-0.3, -0.25) is 4.79 Å². The van der Waals surface area contributed by atoms with Crippen molar-refractivity contribution in [2.75, 3.05) is 0 Å². The summed E-state index contributed by atoms with van der Waals surface area (Å²) in [5, 5.41) is 12.0. The molecule has 0 unspecified atom stereocenters. The van der Waals surface area contributed by atoms with Crippen LogP contribution in [0.3, 0.4) is 0 Å². The molecular weight excluding hydrogens is 292 g/mol. The van der Waals surface area contributed by atoms with Gasteiger partial charge in [-0.05, 0) is 30.5 Å². The highest BCUT2D eigenvalue weighted by molar-refractivity contribution is 9.10. The first-order valence-corrected chi connectivity index (χ1v) is 6.95. The molecule has 1 aliphatic carbocycles. The molecule has 1 saturated carbocycles. The average molecular weight is 307 g/mol. The number of hydrogen-bond acceptors (Lipinski definition) is 2. The smallest absolute Gasteiger partial charge is 0.224 e. The third kappa shape index (κ3) is 3.11. The van der Waals surface area contributed by atoms with E-state index in [0.29, 0.717) is 0 Å². The van der Waals surface area contributed by atoms with E-state index in [1.54, 1.807) is 0 Å². The first-order chi connectivity index (χ1) is 8.70. The van der Waals surface area contributed by atoms with E-state index in [-0.39, 0.29) is 11.8 Å². The molecule has 0 heterocycles. The molecule has 0 radical (unpaired) electrons. The molecule has 0 spiro atoms. The molecule has 0 aromatic heterocycles. The second-order valence-electron chi connectivity index (χ2n) is 4.61. The largest absolute Gasteiger partial charge is 0.336 e. The van der Waals surface area contributed by atoms with Crippen LogP contribution in [0, 0.1) is 17.2 Å². The SMILES string of the molecule is N#C[C@@H](NC(=O)C1CCCC1)c1cccc(Br)c1. The summed E-state index contributed by atoms with van der Waals surface area (Å²) in [5.74, 6) is 0.104. The molecule has 18 heavy (non-hydrogen) atoms. The summed E-state index contributed by atoms with van der Waals surface area (Å²) in [6.45, 7) is 0. The summed E-state index contributed by atoms with van der Waals surface area (Å²) in [5.41, 5.74) is 0.818. The Hall–Kier alpha value is -1.34. The highest BCUT2D eigenvalue weighted by atomic mass is 79.9. The predicted octanol–water partition coefficient (Wildman–Crippen LogP) is 3.32. The van der Waals surface area contributed by atoms with Crippen LogP contribution < -0.4 is 5.32 Å². The van der Waals surface area contributed by atoms with E-state index >= 15 is 0 Å². The standard InChI is InChI=1S/C14H15BrN2O/c15-12-7-3-6-11(8-12)13(9-16)17-14(18)10-4-1-2-5-10/h3,6-8,10,13H,1-2,4-5H2,(H,17,18)/t13-/m1/s1. The van der Waals surface area contributed by atoms with Crippen molar-refractivity contribution < 1.29 is 4.79 Å². The lowest BCUT2D eigenvalue weighted by Gasteiger charge is -2.15. The second kappa shape index (κ2) is 6.01. The van der Waals surface area contributed by atoms with E-state index in [4.69, 9.17) is 0 Å². The molecule has 1 aromatic rings. The second-order valence-corrected chi connectivity index (χ2v) is 5.52. The lowest BCUT2D eigenvalue weighted by atomic mass is 10.0. The lowest BCUT2D eigenvalue weighted by Crippen LogP contribution is -2.32. The zero-order valence-electron chi connectivity index (χ0n) is 10.0. The van der Waals surface area contributed by atoms with E-state index in [1.165, 1.54) is 0 Å². The quantitative estimate of drug-likeness (QED) is 0.931. The van der Waals surface area contributed by atoms with Crippen molar-refractivity contribution >= 4 is 21.8 Å². The van der Waals surface area contributed by atoms with Crippen LogP contribution >= 0.6 is 15.9 Å². The van der Waals surface area contributed by atoms with Gasteiger partial charge in [0.2, 0.25) is 5.91 Å². The van der Waals surface area contributed by atoms with Gasteiger partial charge in [-0.25, -0.2) is 0 Å². The Bertz CT molecular complexity index is 475. The topological polar surface area (TPSA) is 52.9 Å². The van der Waals surface area contributed by atoms with Gasteiger partial charge < -0.3 is 5.32 Å². The van der Waals surface area contributed by atoms with Crippen LogP contribution in [-0.2, 0) is 4.79 Å². The first kappa shape index (κ1) is 13.1. The summed E-state index contributed by atoms with van der Waals surface area (Å²) in [4.78, 5) is 12.0. The first-order valence-electron chi connectivity index (χ1n) is 6.16. The Morgan fingerprint density at radius 2 is 2.17 bits per heavy atom. The summed E-state index contributed by atoms with van der Waals surface area (Å²) in [6.07, 6.45) is 4.13. The van der Waals surface area contributed by atoms with Gasteiger partial charge in [0.25, 0.3) is 0 Å². The van der Waals surface area contributed by atoms with Crippen LogP contribution in [0.1, 0.15) is 37.3 Å². The number of benzene rings is 1. The molecule has 0 aliphatic heterocycles. The van der Waals surface area contributed by atoms with Gasteiger partial charge in [0, 0.05) is 10.4 Å². The molecule has 0 bridgehead atoms. The molecule has 1 aromatic carbocycles. The maximum Gasteiger partial charge on any atom is 0.224 e. The number of rotatable bonds is 3. The van der Waals surface area contributed by atoms with Gasteiger partial charge >= 0.3 is 0 Å². The molecule has 1 amide bonds. The van der Waals surface area contributed by atoms with Crippen molar-refractivity contribution in [1.29, 1.82) is 5.26 Å². The number of nitrogens with one attached hydrogen (secondary N) is 1. The number of halogens is 1. The minimum atomic E-state index is -0.560. The van der Waals surface area contributed by atoms with Gasteiger partial charge in [0.05, 0.1) is 6.07 Å². The lowest BCUT2D eigenvalue weighted by molar-refractivity contribution is -0.125. The summed E-state index contributed by atoms with van der Waals surface area (Å²) in [6, 6.07) is 9.07. The van der Waals surface area contributed by atoms with E-state index in [2.05, 4.69) is 27.3 Å². The molecule has 4 heteroatoms. The molecule has 0 saturated heterocycles. The minimum absolute atomic E-state index is 0.0130. The maximum absolute atomic E-state index is 12.0. The van der Waals surface area contributed by atoms with Crippen molar-refractivity contribution in [1.82, 2.24) is 5.32 Å². The van der Waals surface area contributed by atoms with E-state index in [9.17, 15) is 10.1 Å². The van der Waals surface area contributed by atoms with Crippen molar-refractivity contribution in [2.24, 2.45) is 5.92 Å². The van der Waals surface area contributed by atoms with Gasteiger partial charge in [0.15, 0.2) is 0 Å². The van der Waals surface area contributed by atoms with Gasteiger partial charge in [-0.15, -0.1) is 0 Å². The Morgan fingerprint density at radius 3 is 2.78 bits per heavy atom. The number of carbonyl (C=O) groups is 1. The van der Waals surface area contributed by atoms with Crippen LogP contribution in [-0.4, -0.2) is 5.91 Å². The number of amides is 1. The number of nitriles is 1. The Labute approximate surface area is 115 Å². The Balaban J connectivity index is 2.05. The highest BCUT2D eigenvalue weighted by Gasteiger charge is 2.25. The molecule has 1 N–H and O–H groups in total. The monoisotopic (exact) mass is 306 g/mol. The van der Waals surface area contributed by atoms with Gasteiger partial charge in [0.1, 0.15) is 6.04 Å². The fourth-order valence-electron chi connectivity index (χ4n) is 2.32. The zero-order valence-corrected chi connectivity index (χ0v) is 11.6. The molecule has 1 aliphatic rings. The van der Waals surface area contributed by atoms with Gasteiger partial charge in [-0.1, -0.05) is 40.9 Å². The number of hydrogen-bond donors (Lipinski definition) is 1. The van der Waals surface area contributed by atoms with Crippen molar-refractivity contribution in [3.63, 3.8) is 0 Å². The van der Waals surface area contributed by atoms with Crippen LogP contribution in [0.15, 0.2) is 28.7 Å². The minimum Gasteiger partial charge on any atom is -0.336 e. The third-order valence-corrected chi connectivity index (χ3v) is 3.82. The van der Waals surface area contributed by atoms with Crippen molar-refractivity contribution in [2.45, 2.75) is 31.7 Å². The number of nitrogens with zero attached hydrogens (tertiary/aromatic N) is 1. The van der Waals surface area contributed by atoms with E-state index in [0.717, 1.165) is 35.7 Å². The number of carbonyl (C=O) groups excluding carboxylic acids is 1. The van der Waals surface area contributed by atoms with E-state index in [1.807, 2.05) is 24.3 Å². The van der Waals surface area contributed by atoms with Crippen molar-refractivity contribution in [3.05, 3.63) is 34.3 Å². The van der Waals surface area contributed by atoms with Crippen LogP contribution in [0.25, 0.3) is 0 Å². The highest BCUT2D eigenvalue weighted by Crippen LogP contribution is 2.26. The molecule has 2 rings (SSSR count). The maximum atomic E-state index is 12.0. The fraction of sp³-hybridized carbons (Fsp3) is 0.429. The van der Waals surface area contributed by atoms with Crippen LogP contribution in [0.4, 0.5) is 0 Å². The average Bonchev–Trinajstić information content (AvgIpc) is 2.89. The third-order valence-electron chi connectivity index (χ3n) is 3.32. The normalized spacial score (nSPS) is 17.1. The fourth-order valence-corrected chi connectivity index (χ4v) is 2.74. The predicted molar refractivity (Wildman–Crippen MR) is 72.6 cm³/mol. The Kier molecular flexibility index (Phi) is 4.38. The van der Waals surface area contributed by atoms with E-state index < -0.39 is 6.04 Å². The van der Waals surface area contributed by atoms with Gasteiger partial charge in [-0.2, -0.15) is 5.26 Å². The summed E-state index contributed by atoms with van der Waals surface area (Å²) >= 11 is 3.37. The summed E-state index contributed by atoms with van der Waals surface area (Å²) in [7, 11) is 0. The van der Waals surface area contributed by atoms with Crippen LogP contribution in [0.5, 0.6) is 0 Å². The molecular formula is C14H15BrN2O. The molecule has 3 nitrogen and oxygen atoms in total. The summed E-state index contributed by atoms with van der Waals surface area (Å²) < 4.78 is 0.912. The molecule has 1 atom stereocenters. The molecule has 1 fully saturated rings. The van der Waals surface area contributed by atoms with Crippen LogP contribution in [0.2, 0.25) is 0 Å². The van der Waals surface area contributed by atoms with Crippen molar-refractivity contribution in [3.8, 4) is 6.07 Å². The zero-order chi connectivity index (χ0) is 13.0. The Morgan fingerprint density at radius 1 is 1.44 bits per heavy atom.